The molecule has 2 N–H and O–H groups in total. The van der Waals surface area contributed by atoms with E-state index >= 15 is 0 Å². The van der Waals surface area contributed by atoms with Crippen molar-refractivity contribution in [1.29, 1.82) is 0 Å². The maximum atomic E-state index is 12.1. The van der Waals surface area contributed by atoms with E-state index in [4.69, 9.17) is 9.52 Å². The van der Waals surface area contributed by atoms with Gasteiger partial charge in [0.25, 0.3) is 0 Å². The molecule has 21 heavy (non-hydrogen) atoms. The van der Waals surface area contributed by atoms with E-state index in [0.717, 1.165) is 11.8 Å². The highest BCUT2D eigenvalue weighted by atomic mass is 79.9. The first-order valence-electron chi connectivity index (χ1n) is 5.80. The molecule has 2 aromatic rings. The van der Waals surface area contributed by atoms with Gasteiger partial charge in [-0.3, -0.25) is 4.68 Å². The van der Waals surface area contributed by atoms with Gasteiger partial charge in [0, 0.05) is 38.0 Å². The van der Waals surface area contributed by atoms with Crippen LogP contribution in [0.1, 0.15) is 16.2 Å². The molecule has 10 heteroatoms. The minimum Gasteiger partial charge on any atom is -0.475 e. The van der Waals surface area contributed by atoms with E-state index in [9.17, 15) is 13.2 Å². The Morgan fingerprint density at radius 3 is 2.81 bits per heavy atom. The lowest BCUT2D eigenvalue weighted by molar-refractivity contribution is 0.0661. The van der Waals surface area contributed by atoms with Crippen LogP contribution in [0.15, 0.2) is 32.3 Å². The summed E-state index contributed by atoms with van der Waals surface area (Å²) < 4.78 is 32.9. The van der Waals surface area contributed by atoms with Crippen LogP contribution >= 0.6 is 15.9 Å². The molecule has 0 aliphatic carbocycles. The third kappa shape index (κ3) is 3.52. The number of carboxylic acids is 1. The largest absolute Gasteiger partial charge is 0.475 e. The topological polar surface area (TPSA) is 114 Å². The van der Waals surface area contributed by atoms with Crippen molar-refractivity contribution in [3.8, 4) is 0 Å². The predicted molar refractivity (Wildman–Crippen MR) is 75.5 cm³/mol. The van der Waals surface area contributed by atoms with E-state index in [1.807, 2.05) is 0 Å². The van der Waals surface area contributed by atoms with Crippen molar-refractivity contribution in [2.24, 2.45) is 7.05 Å². The van der Waals surface area contributed by atoms with Crippen molar-refractivity contribution in [2.75, 3.05) is 6.54 Å². The molecule has 8 nitrogen and oxygen atoms in total. The van der Waals surface area contributed by atoms with Gasteiger partial charge in [0.05, 0.1) is 0 Å². The molecule has 0 aliphatic heterocycles. The lowest BCUT2D eigenvalue weighted by atomic mass is 10.3. The van der Waals surface area contributed by atoms with Crippen LogP contribution in [0.5, 0.6) is 0 Å². The molecule has 0 unspecified atom stereocenters. The number of sulfonamides is 1. The third-order valence-corrected chi connectivity index (χ3v) is 5.07. The first-order chi connectivity index (χ1) is 9.81. The van der Waals surface area contributed by atoms with E-state index in [-0.39, 0.29) is 16.1 Å². The summed E-state index contributed by atoms with van der Waals surface area (Å²) in [7, 11) is -2.09. The smallest absolute Gasteiger partial charge is 0.371 e. The molecule has 0 saturated heterocycles. The molecule has 114 valence electrons. The highest BCUT2D eigenvalue weighted by molar-refractivity contribution is 9.10. The Labute approximate surface area is 128 Å². The Bertz CT molecular complexity index is 765. The number of hydrogen-bond donors (Lipinski definition) is 2. The van der Waals surface area contributed by atoms with Gasteiger partial charge in [-0.15, -0.1) is 0 Å². The first kappa shape index (κ1) is 15.7. The quantitative estimate of drug-likeness (QED) is 0.775. The molecule has 0 atom stereocenters. The molecule has 2 heterocycles. The maximum Gasteiger partial charge on any atom is 0.371 e. The fourth-order valence-corrected chi connectivity index (χ4v) is 3.65. The lowest BCUT2D eigenvalue weighted by Crippen LogP contribution is -2.26. The number of aromatic nitrogens is 2. The number of hydrogen-bond acceptors (Lipinski definition) is 5. The van der Waals surface area contributed by atoms with Crippen LogP contribution in [-0.2, 0) is 23.5 Å². The Kier molecular flexibility index (Phi) is 4.49. The molecule has 2 rings (SSSR count). The summed E-state index contributed by atoms with van der Waals surface area (Å²) in [5.74, 6) is -1.79. The Hall–Kier alpha value is -1.65. The van der Waals surface area contributed by atoms with Gasteiger partial charge in [0.15, 0.2) is 4.67 Å². The van der Waals surface area contributed by atoms with E-state index in [0.29, 0.717) is 6.42 Å². The van der Waals surface area contributed by atoms with Gasteiger partial charge in [0.2, 0.25) is 15.8 Å². The Morgan fingerprint density at radius 2 is 2.29 bits per heavy atom. The molecule has 0 fully saturated rings. The van der Waals surface area contributed by atoms with Gasteiger partial charge in [-0.05, 0) is 22.0 Å². The van der Waals surface area contributed by atoms with E-state index < -0.39 is 21.8 Å². The number of rotatable bonds is 6. The molecular weight excluding hydrogens is 366 g/mol. The van der Waals surface area contributed by atoms with Crippen molar-refractivity contribution in [3.63, 3.8) is 0 Å². The summed E-state index contributed by atoms with van der Waals surface area (Å²) >= 11 is 2.90. The minimum atomic E-state index is -3.85. The van der Waals surface area contributed by atoms with Gasteiger partial charge in [0.1, 0.15) is 4.90 Å². The van der Waals surface area contributed by atoms with Gasteiger partial charge in [-0.25, -0.2) is 17.9 Å². The second-order valence-corrected chi connectivity index (χ2v) is 6.60. The molecule has 2 aromatic heterocycles. The molecule has 0 saturated carbocycles. The summed E-state index contributed by atoms with van der Waals surface area (Å²) in [5.41, 5.74) is 0.871. The number of aryl methyl sites for hydroxylation is 1. The zero-order chi connectivity index (χ0) is 15.6. The van der Waals surface area contributed by atoms with E-state index in [1.54, 1.807) is 24.0 Å². The summed E-state index contributed by atoms with van der Waals surface area (Å²) in [4.78, 5) is 10.5. The zero-order valence-electron chi connectivity index (χ0n) is 10.9. The van der Waals surface area contributed by atoms with Crippen LogP contribution < -0.4 is 4.72 Å². The van der Waals surface area contributed by atoms with Crippen LogP contribution in [-0.4, -0.2) is 35.8 Å². The van der Waals surface area contributed by atoms with E-state index in [2.05, 4.69) is 25.8 Å². The highest BCUT2D eigenvalue weighted by Crippen LogP contribution is 2.25. The SMILES string of the molecule is Cn1nccc1CCNS(=O)(=O)c1cc(C(=O)O)oc1Br. The molecule has 0 amide bonds. The van der Waals surface area contributed by atoms with Gasteiger partial charge < -0.3 is 9.52 Å². The summed E-state index contributed by atoms with van der Waals surface area (Å²) in [5, 5.41) is 12.8. The number of furan rings is 1. The lowest BCUT2D eigenvalue weighted by Gasteiger charge is -2.05. The average molecular weight is 378 g/mol. The van der Waals surface area contributed by atoms with Gasteiger partial charge in [-0.1, -0.05) is 0 Å². The van der Waals surface area contributed by atoms with Crippen LogP contribution in [0.3, 0.4) is 0 Å². The number of aromatic carboxylic acids is 1. The molecule has 0 spiro atoms. The first-order valence-corrected chi connectivity index (χ1v) is 8.08. The van der Waals surface area contributed by atoms with E-state index in [1.165, 1.54) is 0 Å². The molecule has 0 radical (unpaired) electrons. The number of carboxylic acid groups (broad SMARTS) is 1. The van der Waals surface area contributed by atoms with Crippen molar-refractivity contribution in [1.82, 2.24) is 14.5 Å². The number of halogens is 1. The fourth-order valence-electron chi connectivity index (χ4n) is 1.68. The van der Waals surface area contributed by atoms with Crippen molar-refractivity contribution in [3.05, 3.63) is 34.5 Å². The second-order valence-electron chi connectivity index (χ2n) is 4.15. The van der Waals surface area contributed by atoms with Gasteiger partial charge in [-0.2, -0.15) is 5.10 Å². The van der Waals surface area contributed by atoms with Crippen molar-refractivity contribution < 1.29 is 22.7 Å². The van der Waals surface area contributed by atoms with Crippen LogP contribution in [0.2, 0.25) is 0 Å². The fraction of sp³-hybridized carbons (Fsp3) is 0.273. The number of nitrogens with one attached hydrogen (secondary N) is 1. The van der Waals surface area contributed by atoms with Crippen molar-refractivity contribution >= 4 is 31.9 Å². The van der Waals surface area contributed by atoms with Crippen LogP contribution in [0.25, 0.3) is 0 Å². The zero-order valence-corrected chi connectivity index (χ0v) is 13.3. The summed E-state index contributed by atoms with van der Waals surface area (Å²) in [6.07, 6.45) is 2.08. The number of carbonyl (C=O) groups is 1. The highest BCUT2D eigenvalue weighted by Gasteiger charge is 2.24. The minimum absolute atomic E-state index is 0.145. The number of nitrogens with zero attached hydrogens (tertiary/aromatic N) is 2. The third-order valence-electron chi connectivity index (χ3n) is 2.75. The van der Waals surface area contributed by atoms with Crippen LogP contribution in [0, 0.1) is 0 Å². The maximum absolute atomic E-state index is 12.1. The Balaban J connectivity index is 2.08. The van der Waals surface area contributed by atoms with Crippen LogP contribution in [0.4, 0.5) is 0 Å². The monoisotopic (exact) mass is 377 g/mol. The summed E-state index contributed by atoms with van der Waals surface area (Å²) in [6, 6.07) is 2.74. The second kappa shape index (κ2) is 6.00. The molecule has 0 aliphatic rings. The standard InChI is InChI=1S/C11H12BrN3O5S/c1-15-7(2-4-13-15)3-5-14-21(18,19)9-6-8(11(16)17)20-10(9)12/h2,4,6,14H,3,5H2,1H3,(H,16,17). The normalized spacial score (nSPS) is 11.7. The molecule has 0 bridgehead atoms. The Morgan fingerprint density at radius 1 is 1.57 bits per heavy atom. The average Bonchev–Trinajstić information content (AvgIpc) is 2.96. The molecular formula is C11H12BrN3O5S. The summed E-state index contributed by atoms with van der Waals surface area (Å²) in [6.45, 7) is 0.155. The predicted octanol–water partition coefficient (Wildman–Crippen LogP) is 0.995. The molecule has 0 aromatic carbocycles. The van der Waals surface area contributed by atoms with Gasteiger partial charge >= 0.3 is 5.97 Å². The van der Waals surface area contributed by atoms with Crippen molar-refractivity contribution in [2.45, 2.75) is 11.3 Å².